The number of amides is 2. The van der Waals surface area contributed by atoms with Gasteiger partial charge in [0.1, 0.15) is 5.82 Å². The van der Waals surface area contributed by atoms with Gasteiger partial charge in [0.05, 0.1) is 17.1 Å². The van der Waals surface area contributed by atoms with Crippen LogP contribution in [0.4, 0.5) is 0 Å². The molecule has 2 amide bonds. The van der Waals surface area contributed by atoms with Crippen molar-refractivity contribution in [3.8, 4) is 0 Å². The number of imidazole rings is 1. The number of nitrogens with zero attached hydrogens (tertiary/aromatic N) is 2. The minimum absolute atomic E-state index is 0.0369. The fraction of sp³-hybridized carbons (Fsp3) is 0.250. The zero-order chi connectivity index (χ0) is 24.4. The summed E-state index contributed by atoms with van der Waals surface area (Å²) in [5.74, 6) is 0.486. The van der Waals surface area contributed by atoms with Gasteiger partial charge in [0.15, 0.2) is 0 Å². The largest absolute Gasteiger partial charge is 0.342 e. The molecule has 1 aliphatic heterocycles. The number of aromatic nitrogens is 2. The normalized spacial score (nSPS) is 14.3. The second kappa shape index (κ2) is 9.92. The van der Waals surface area contributed by atoms with Gasteiger partial charge in [-0.1, -0.05) is 41.9 Å². The van der Waals surface area contributed by atoms with Crippen LogP contribution in [0.5, 0.6) is 0 Å². The average molecular weight is 487 g/mol. The van der Waals surface area contributed by atoms with E-state index in [1.165, 1.54) is 0 Å². The van der Waals surface area contributed by atoms with Crippen LogP contribution in [0.25, 0.3) is 11.0 Å². The zero-order valence-electron chi connectivity index (χ0n) is 19.6. The Hall–Kier alpha value is -3.64. The smallest absolute Gasteiger partial charge is 0.254 e. The second-order valence-corrected chi connectivity index (χ2v) is 9.46. The molecule has 4 aromatic rings. The first-order valence-corrected chi connectivity index (χ1v) is 12.3. The average Bonchev–Trinajstić information content (AvgIpc) is 3.54. The highest BCUT2D eigenvalue weighted by Gasteiger charge is 2.23. The van der Waals surface area contributed by atoms with Gasteiger partial charge in [-0.15, -0.1) is 0 Å². The molecule has 1 saturated heterocycles. The molecule has 35 heavy (non-hydrogen) atoms. The van der Waals surface area contributed by atoms with Gasteiger partial charge in [0.25, 0.3) is 11.8 Å². The standard InChI is InChI=1S/C28H27ClN4O2/c1-18-15-20(9-11-22(18)28(35)33-13-5-6-14-33)27(34)32-25(16-19-7-3-2-4-8-19)26-30-23-12-10-21(29)17-24(23)31-26/h2-4,7-12,15,17,25H,5-6,13-14,16H2,1H3,(H,30,31)(H,32,34). The summed E-state index contributed by atoms with van der Waals surface area (Å²) < 4.78 is 0. The Labute approximate surface area is 209 Å². The minimum Gasteiger partial charge on any atom is -0.342 e. The Morgan fingerprint density at radius 1 is 1.06 bits per heavy atom. The van der Waals surface area contributed by atoms with Crippen LogP contribution in [0.2, 0.25) is 5.02 Å². The van der Waals surface area contributed by atoms with Crippen LogP contribution in [0.1, 0.15) is 56.6 Å². The fourth-order valence-corrected chi connectivity index (χ4v) is 4.78. The molecule has 0 radical (unpaired) electrons. The van der Waals surface area contributed by atoms with Crippen molar-refractivity contribution in [2.24, 2.45) is 0 Å². The molecule has 1 aliphatic rings. The molecule has 0 aliphatic carbocycles. The number of benzene rings is 3. The topological polar surface area (TPSA) is 78.1 Å². The first-order valence-electron chi connectivity index (χ1n) is 11.9. The third-order valence-corrected chi connectivity index (χ3v) is 6.73. The number of fused-ring (bicyclic) bond motifs is 1. The van der Waals surface area contributed by atoms with Crippen LogP contribution in [-0.4, -0.2) is 39.8 Å². The number of carbonyl (C=O) groups is 2. The molecule has 178 valence electrons. The number of rotatable bonds is 6. The predicted octanol–water partition coefficient (Wildman–Crippen LogP) is 5.47. The number of likely N-dealkylation sites (tertiary alicyclic amines) is 1. The molecule has 3 aromatic carbocycles. The summed E-state index contributed by atoms with van der Waals surface area (Å²) in [6.45, 7) is 3.47. The van der Waals surface area contributed by atoms with Crippen LogP contribution in [0, 0.1) is 6.92 Å². The number of aryl methyl sites for hydroxylation is 1. The number of H-pyrrole nitrogens is 1. The van der Waals surface area contributed by atoms with E-state index in [9.17, 15) is 9.59 Å². The van der Waals surface area contributed by atoms with E-state index in [1.807, 2.05) is 54.3 Å². The van der Waals surface area contributed by atoms with Crippen molar-refractivity contribution in [1.82, 2.24) is 20.2 Å². The molecule has 7 heteroatoms. The van der Waals surface area contributed by atoms with Gasteiger partial charge >= 0.3 is 0 Å². The molecule has 0 bridgehead atoms. The van der Waals surface area contributed by atoms with Gasteiger partial charge < -0.3 is 15.2 Å². The van der Waals surface area contributed by atoms with Crippen molar-refractivity contribution in [2.75, 3.05) is 13.1 Å². The summed E-state index contributed by atoms with van der Waals surface area (Å²) in [4.78, 5) is 36.1. The number of hydrogen-bond donors (Lipinski definition) is 2. The predicted molar refractivity (Wildman–Crippen MR) is 138 cm³/mol. The van der Waals surface area contributed by atoms with E-state index >= 15 is 0 Å². The summed E-state index contributed by atoms with van der Waals surface area (Å²) in [6.07, 6.45) is 2.66. The van der Waals surface area contributed by atoms with E-state index in [4.69, 9.17) is 16.6 Å². The molecule has 1 aromatic heterocycles. The van der Waals surface area contributed by atoms with Crippen molar-refractivity contribution in [3.63, 3.8) is 0 Å². The zero-order valence-corrected chi connectivity index (χ0v) is 20.3. The molecule has 2 heterocycles. The van der Waals surface area contributed by atoms with Crippen LogP contribution < -0.4 is 5.32 Å². The maximum Gasteiger partial charge on any atom is 0.254 e. The number of carbonyl (C=O) groups excluding carboxylic acids is 2. The summed E-state index contributed by atoms with van der Waals surface area (Å²) in [6, 6.07) is 20.4. The molecule has 0 spiro atoms. The van der Waals surface area contributed by atoms with Crippen molar-refractivity contribution in [2.45, 2.75) is 32.2 Å². The minimum atomic E-state index is -0.373. The lowest BCUT2D eigenvalue weighted by Crippen LogP contribution is -2.31. The molecule has 1 atom stereocenters. The quantitative estimate of drug-likeness (QED) is 0.379. The van der Waals surface area contributed by atoms with Gasteiger partial charge in [-0.3, -0.25) is 9.59 Å². The lowest BCUT2D eigenvalue weighted by atomic mass is 10.0. The molecule has 5 rings (SSSR count). The molecule has 0 saturated carbocycles. The van der Waals surface area contributed by atoms with E-state index in [-0.39, 0.29) is 17.9 Å². The van der Waals surface area contributed by atoms with Gasteiger partial charge in [-0.25, -0.2) is 4.98 Å². The van der Waals surface area contributed by atoms with E-state index < -0.39 is 0 Å². The van der Waals surface area contributed by atoms with Crippen LogP contribution >= 0.6 is 11.6 Å². The maximum atomic E-state index is 13.3. The van der Waals surface area contributed by atoms with Crippen molar-refractivity contribution < 1.29 is 9.59 Å². The van der Waals surface area contributed by atoms with Crippen molar-refractivity contribution in [3.05, 3.63) is 99.8 Å². The van der Waals surface area contributed by atoms with Crippen LogP contribution in [-0.2, 0) is 6.42 Å². The lowest BCUT2D eigenvalue weighted by Gasteiger charge is -2.19. The first-order chi connectivity index (χ1) is 17.0. The van der Waals surface area contributed by atoms with Crippen molar-refractivity contribution in [1.29, 1.82) is 0 Å². The summed E-state index contributed by atoms with van der Waals surface area (Å²) in [7, 11) is 0. The third-order valence-electron chi connectivity index (χ3n) is 6.49. The van der Waals surface area contributed by atoms with Gasteiger partial charge in [-0.05, 0) is 73.7 Å². The molecule has 2 N–H and O–H groups in total. The molecule has 6 nitrogen and oxygen atoms in total. The van der Waals surface area contributed by atoms with Crippen LogP contribution in [0.3, 0.4) is 0 Å². The SMILES string of the molecule is Cc1cc(C(=O)NC(Cc2ccccc2)c2nc3ccc(Cl)cc3[nH]2)ccc1C(=O)N1CCCC1. The van der Waals surface area contributed by atoms with Crippen molar-refractivity contribution >= 4 is 34.4 Å². The summed E-state index contributed by atoms with van der Waals surface area (Å²) in [5, 5.41) is 3.76. The second-order valence-electron chi connectivity index (χ2n) is 9.03. The van der Waals surface area contributed by atoms with E-state index in [1.54, 1.807) is 24.3 Å². The number of hydrogen-bond acceptors (Lipinski definition) is 3. The monoisotopic (exact) mass is 486 g/mol. The Morgan fingerprint density at radius 2 is 1.83 bits per heavy atom. The Balaban J connectivity index is 1.40. The van der Waals surface area contributed by atoms with E-state index in [0.717, 1.165) is 48.1 Å². The van der Waals surface area contributed by atoms with Crippen LogP contribution in [0.15, 0.2) is 66.7 Å². The highest BCUT2D eigenvalue weighted by atomic mass is 35.5. The maximum absolute atomic E-state index is 13.3. The molecular weight excluding hydrogens is 460 g/mol. The Kier molecular flexibility index (Phi) is 6.55. The van der Waals surface area contributed by atoms with Gasteiger partial charge in [0.2, 0.25) is 0 Å². The fourth-order valence-electron chi connectivity index (χ4n) is 4.61. The molecular formula is C28H27ClN4O2. The Morgan fingerprint density at radius 3 is 2.57 bits per heavy atom. The summed E-state index contributed by atoms with van der Waals surface area (Å²) >= 11 is 6.15. The van der Waals surface area contributed by atoms with Gasteiger partial charge in [-0.2, -0.15) is 0 Å². The molecule has 1 fully saturated rings. The lowest BCUT2D eigenvalue weighted by molar-refractivity contribution is 0.0791. The van der Waals surface area contributed by atoms with E-state index in [0.29, 0.717) is 28.4 Å². The number of halogens is 1. The first kappa shape index (κ1) is 23.1. The highest BCUT2D eigenvalue weighted by molar-refractivity contribution is 6.31. The molecule has 1 unspecified atom stereocenters. The third kappa shape index (κ3) is 5.08. The Bertz CT molecular complexity index is 1380. The number of aromatic amines is 1. The van der Waals surface area contributed by atoms with E-state index in [2.05, 4.69) is 10.3 Å². The number of nitrogens with one attached hydrogen (secondary N) is 2. The van der Waals surface area contributed by atoms with Gasteiger partial charge in [0, 0.05) is 29.2 Å². The summed E-state index contributed by atoms with van der Waals surface area (Å²) in [5.41, 5.74) is 4.65. The highest BCUT2D eigenvalue weighted by Crippen LogP contribution is 2.23.